The molecule has 0 saturated heterocycles. The summed E-state index contributed by atoms with van der Waals surface area (Å²) in [6, 6.07) is -0.0706. The molecule has 1 rings (SSSR count). The first-order valence-electron chi connectivity index (χ1n) is 4.76. The molecule has 2 unspecified atom stereocenters. The lowest BCUT2D eigenvalue weighted by Gasteiger charge is -2.21. The van der Waals surface area contributed by atoms with Crippen molar-refractivity contribution < 1.29 is 4.79 Å². The van der Waals surface area contributed by atoms with Gasteiger partial charge in [-0.25, -0.2) is 4.79 Å². The highest BCUT2D eigenvalue weighted by Gasteiger charge is 2.20. The quantitative estimate of drug-likeness (QED) is 0.577. The van der Waals surface area contributed by atoms with Crippen molar-refractivity contribution in [3.8, 4) is 0 Å². The summed E-state index contributed by atoms with van der Waals surface area (Å²) in [5.41, 5.74) is 5.09. The molecular formula is C9H18N2O. The summed E-state index contributed by atoms with van der Waals surface area (Å²) in [5.74, 6) is 0.583. The summed E-state index contributed by atoms with van der Waals surface area (Å²) < 4.78 is 0. The van der Waals surface area contributed by atoms with E-state index in [4.69, 9.17) is 5.73 Å². The van der Waals surface area contributed by atoms with Crippen molar-refractivity contribution in [2.75, 3.05) is 0 Å². The largest absolute Gasteiger partial charge is 0.352 e. The standard InChI is InChI=1S/C9H18N2O/c1-7-5-3-2-4-6-8(7)11-9(10)12/h7-8H,2-6H2,1H3,(H3,10,11,12). The first-order chi connectivity index (χ1) is 5.70. The highest BCUT2D eigenvalue weighted by Crippen LogP contribution is 2.22. The second-order valence-electron chi connectivity index (χ2n) is 3.73. The molecular weight excluding hydrogens is 152 g/mol. The maximum Gasteiger partial charge on any atom is 0.312 e. The van der Waals surface area contributed by atoms with Crippen molar-refractivity contribution in [2.45, 2.75) is 45.1 Å². The first kappa shape index (κ1) is 9.36. The maximum atomic E-state index is 10.6. The summed E-state index contributed by atoms with van der Waals surface area (Å²) in [6.45, 7) is 2.19. The molecule has 0 bridgehead atoms. The fourth-order valence-corrected chi connectivity index (χ4v) is 1.89. The van der Waals surface area contributed by atoms with Crippen molar-refractivity contribution in [2.24, 2.45) is 11.7 Å². The van der Waals surface area contributed by atoms with Crippen LogP contribution in [0.5, 0.6) is 0 Å². The molecule has 1 saturated carbocycles. The van der Waals surface area contributed by atoms with Gasteiger partial charge in [-0.2, -0.15) is 0 Å². The number of carbonyl (C=O) groups is 1. The summed E-state index contributed by atoms with van der Waals surface area (Å²) in [6.07, 6.45) is 6.10. The Morgan fingerprint density at radius 3 is 2.67 bits per heavy atom. The molecule has 3 N–H and O–H groups in total. The lowest BCUT2D eigenvalue weighted by Crippen LogP contribution is -2.41. The Hall–Kier alpha value is -0.730. The molecule has 2 amide bonds. The molecule has 0 heterocycles. The number of rotatable bonds is 1. The molecule has 1 aliphatic rings. The lowest BCUT2D eigenvalue weighted by atomic mass is 9.97. The minimum Gasteiger partial charge on any atom is -0.352 e. The minimum atomic E-state index is -0.381. The van der Waals surface area contributed by atoms with Crippen molar-refractivity contribution in [1.29, 1.82) is 0 Å². The van der Waals surface area contributed by atoms with Crippen LogP contribution in [0.2, 0.25) is 0 Å². The van der Waals surface area contributed by atoms with Gasteiger partial charge in [0.15, 0.2) is 0 Å². The van der Waals surface area contributed by atoms with Crippen LogP contribution in [0.25, 0.3) is 0 Å². The Balaban J connectivity index is 2.41. The Labute approximate surface area is 73.7 Å². The molecule has 12 heavy (non-hydrogen) atoms. The molecule has 0 aromatic heterocycles. The molecule has 0 aliphatic heterocycles. The zero-order valence-electron chi connectivity index (χ0n) is 7.68. The fourth-order valence-electron chi connectivity index (χ4n) is 1.89. The van der Waals surface area contributed by atoms with Crippen LogP contribution in [0.1, 0.15) is 39.0 Å². The van der Waals surface area contributed by atoms with Gasteiger partial charge < -0.3 is 11.1 Å². The normalized spacial score (nSPS) is 30.8. The first-order valence-corrected chi connectivity index (χ1v) is 4.76. The second-order valence-corrected chi connectivity index (χ2v) is 3.73. The van der Waals surface area contributed by atoms with Gasteiger partial charge in [0.1, 0.15) is 0 Å². The number of urea groups is 1. The molecule has 3 heteroatoms. The van der Waals surface area contributed by atoms with E-state index in [-0.39, 0.29) is 6.03 Å². The minimum absolute atomic E-state index is 0.310. The van der Waals surface area contributed by atoms with Crippen LogP contribution >= 0.6 is 0 Å². The number of hydrogen-bond donors (Lipinski definition) is 2. The van der Waals surface area contributed by atoms with E-state index >= 15 is 0 Å². The number of hydrogen-bond acceptors (Lipinski definition) is 1. The van der Waals surface area contributed by atoms with Crippen molar-refractivity contribution >= 4 is 6.03 Å². The van der Waals surface area contributed by atoms with Gasteiger partial charge in [0.2, 0.25) is 0 Å². The van der Waals surface area contributed by atoms with Crippen LogP contribution in [0.15, 0.2) is 0 Å². The lowest BCUT2D eigenvalue weighted by molar-refractivity contribution is 0.238. The second kappa shape index (κ2) is 4.33. The van der Waals surface area contributed by atoms with E-state index in [0.717, 1.165) is 6.42 Å². The van der Waals surface area contributed by atoms with Gasteiger partial charge in [0.25, 0.3) is 0 Å². The third kappa shape index (κ3) is 2.72. The average molecular weight is 170 g/mol. The molecule has 0 aromatic carbocycles. The van der Waals surface area contributed by atoms with Crippen LogP contribution in [0.4, 0.5) is 4.79 Å². The van der Waals surface area contributed by atoms with E-state index in [2.05, 4.69) is 12.2 Å². The summed E-state index contributed by atoms with van der Waals surface area (Å²) in [4.78, 5) is 10.6. The van der Waals surface area contributed by atoms with Gasteiger partial charge in [-0.1, -0.05) is 26.2 Å². The van der Waals surface area contributed by atoms with E-state index in [9.17, 15) is 4.79 Å². The highest BCUT2D eigenvalue weighted by atomic mass is 16.2. The summed E-state index contributed by atoms with van der Waals surface area (Å²) in [5, 5.41) is 2.81. The van der Waals surface area contributed by atoms with Gasteiger partial charge in [0.05, 0.1) is 0 Å². The monoisotopic (exact) mass is 170 g/mol. The SMILES string of the molecule is CC1CCCCCC1NC(N)=O. The Morgan fingerprint density at radius 2 is 2.00 bits per heavy atom. The number of nitrogens with one attached hydrogen (secondary N) is 1. The predicted octanol–water partition coefficient (Wildman–Crippen LogP) is 1.62. The average Bonchev–Trinajstić information content (AvgIpc) is 2.16. The molecule has 0 spiro atoms. The highest BCUT2D eigenvalue weighted by molar-refractivity contribution is 5.71. The van der Waals surface area contributed by atoms with E-state index in [0.29, 0.717) is 12.0 Å². The van der Waals surface area contributed by atoms with Crippen LogP contribution in [-0.4, -0.2) is 12.1 Å². The Morgan fingerprint density at radius 1 is 1.33 bits per heavy atom. The van der Waals surface area contributed by atoms with E-state index in [1.54, 1.807) is 0 Å². The third-order valence-electron chi connectivity index (χ3n) is 2.69. The molecule has 0 aromatic rings. The smallest absolute Gasteiger partial charge is 0.312 e. The number of carbonyl (C=O) groups excluding carboxylic acids is 1. The number of amides is 2. The van der Waals surface area contributed by atoms with Gasteiger partial charge in [0, 0.05) is 6.04 Å². The summed E-state index contributed by atoms with van der Waals surface area (Å²) in [7, 11) is 0. The van der Waals surface area contributed by atoms with Crippen LogP contribution in [-0.2, 0) is 0 Å². The van der Waals surface area contributed by atoms with Gasteiger partial charge in [-0.3, -0.25) is 0 Å². The topological polar surface area (TPSA) is 55.1 Å². The predicted molar refractivity (Wildman–Crippen MR) is 48.8 cm³/mol. The van der Waals surface area contributed by atoms with E-state index < -0.39 is 0 Å². The molecule has 0 radical (unpaired) electrons. The van der Waals surface area contributed by atoms with Crippen molar-refractivity contribution in [3.63, 3.8) is 0 Å². The number of nitrogens with two attached hydrogens (primary N) is 1. The van der Waals surface area contributed by atoms with Gasteiger partial charge in [-0.05, 0) is 18.8 Å². The Bertz CT molecular complexity index is 159. The van der Waals surface area contributed by atoms with Crippen molar-refractivity contribution in [1.82, 2.24) is 5.32 Å². The molecule has 1 aliphatic carbocycles. The molecule has 70 valence electrons. The van der Waals surface area contributed by atoms with Crippen LogP contribution < -0.4 is 11.1 Å². The van der Waals surface area contributed by atoms with Gasteiger partial charge >= 0.3 is 6.03 Å². The third-order valence-corrected chi connectivity index (χ3v) is 2.69. The molecule has 1 fully saturated rings. The zero-order valence-corrected chi connectivity index (χ0v) is 7.68. The van der Waals surface area contributed by atoms with E-state index in [1.807, 2.05) is 0 Å². The molecule has 3 nitrogen and oxygen atoms in total. The van der Waals surface area contributed by atoms with Crippen LogP contribution in [0, 0.1) is 5.92 Å². The zero-order chi connectivity index (χ0) is 8.97. The van der Waals surface area contributed by atoms with Gasteiger partial charge in [-0.15, -0.1) is 0 Å². The summed E-state index contributed by atoms with van der Waals surface area (Å²) >= 11 is 0. The molecule has 2 atom stereocenters. The van der Waals surface area contributed by atoms with E-state index in [1.165, 1.54) is 25.7 Å². The van der Waals surface area contributed by atoms with Crippen LogP contribution in [0.3, 0.4) is 0 Å². The maximum absolute atomic E-state index is 10.6. The number of primary amides is 1. The Kier molecular flexibility index (Phi) is 3.38. The van der Waals surface area contributed by atoms with Crippen molar-refractivity contribution in [3.05, 3.63) is 0 Å². The fraction of sp³-hybridized carbons (Fsp3) is 0.889.